The molecule has 0 aromatic carbocycles. The van der Waals surface area contributed by atoms with Crippen molar-refractivity contribution in [3.63, 3.8) is 0 Å². The van der Waals surface area contributed by atoms with E-state index in [9.17, 15) is 9.90 Å². The summed E-state index contributed by atoms with van der Waals surface area (Å²) < 4.78 is 4.95. The van der Waals surface area contributed by atoms with E-state index in [4.69, 9.17) is 9.52 Å². The van der Waals surface area contributed by atoms with Crippen molar-refractivity contribution in [1.29, 1.82) is 0 Å². The number of carboxylic acids is 1. The first-order chi connectivity index (χ1) is 8.09. The van der Waals surface area contributed by atoms with Gasteiger partial charge in [-0.2, -0.15) is 4.98 Å². The van der Waals surface area contributed by atoms with Gasteiger partial charge in [0.1, 0.15) is 6.26 Å². The number of anilines is 1. The molecule has 94 valence electrons. The molecule has 0 amide bonds. The molecule has 0 radical (unpaired) electrons. The molecular weight excluding hydrogens is 224 g/mol. The van der Waals surface area contributed by atoms with E-state index in [1.165, 1.54) is 0 Å². The van der Waals surface area contributed by atoms with Crippen LogP contribution in [-0.4, -0.2) is 33.3 Å². The highest BCUT2D eigenvalue weighted by Gasteiger charge is 2.29. The quantitative estimate of drug-likeness (QED) is 0.737. The van der Waals surface area contributed by atoms with Gasteiger partial charge >= 0.3 is 5.97 Å². The molecule has 0 saturated heterocycles. The lowest BCUT2D eigenvalue weighted by Crippen LogP contribution is -2.38. The van der Waals surface area contributed by atoms with Crippen LogP contribution in [0.4, 0.5) is 6.01 Å². The van der Waals surface area contributed by atoms with Crippen LogP contribution >= 0.6 is 0 Å². The van der Waals surface area contributed by atoms with Crippen molar-refractivity contribution in [2.24, 2.45) is 0 Å². The maximum absolute atomic E-state index is 10.6. The topological polar surface area (TPSA) is 95.6 Å². The number of rotatable bonds is 4. The third-order valence-electron chi connectivity index (χ3n) is 3.08. The van der Waals surface area contributed by atoms with E-state index < -0.39 is 11.6 Å². The van der Waals surface area contributed by atoms with Crippen molar-refractivity contribution in [1.82, 2.24) is 4.98 Å². The fourth-order valence-electron chi connectivity index (χ4n) is 2.08. The molecule has 2 rings (SSSR count). The lowest BCUT2D eigenvalue weighted by molar-refractivity contribution is 0.0163. The Labute approximate surface area is 98.7 Å². The molecule has 3 N–H and O–H groups in total. The van der Waals surface area contributed by atoms with E-state index in [0.29, 0.717) is 6.54 Å². The van der Waals surface area contributed by atoms with E-state index in [1.54, 1.807) is 0 Å². The molecule has 1 fully saturated rings. The molecule has 1 aromatic heterocycles. The number of carboxylic acid groups (broad SMARTS) is 1. The van der Waals surface area contributed by atoms with Crippen LogP contribution in [0.25, 0.3) is 0 Å². The third kappa shape index (κ3) is 2.97. The Kier molecular flexibility index (Phi) is 3.33. The van der Waals surface area contributed by atoms with Crippen LogP contribution in [0.5, 0.6) is 0 Å². The average molecular weight is 240 g/mol. The molecule has 1 saturated carbocycles. The number of nitrogens with zero attached hydrogens (tertiary/aromatic N) is 1. The molecule has 1 aliphatic rings. The number of aromatic nitrogens is 1. The monoisotopic (exact) mass is 240 g/mol. The van der Waals surface area contributed by atoms with Gasteiger partial charge in [-0.25, -0.2) is 4.79 Å². The highest BCUT2D eigenvalue weighted by molar-refractivity contribution is 5.85. The van der Waals surface area contributed by atoms with Gasteiger partial charge in [-0.05, 0) is 12.8 Å². The number of oxazole rings is 1. The average Bonchev–Trinajstić information content (AvgIpc) is 2.76. The van der Waals surface area contributed by atoms with Crippen LogP contribution < -0.4 is 5.32 Å². The van der Waals surface area contributed by atoms with Crippen LogP contribution in [0.15, 0.2) is 10.7 Å². The predicted octanol–water partition coefficient (Wildman–Crippen LogP) is 1.48. The van der Waals surface area contributed by atoms with Crippen LogP contribution in [0, 0.1) is 0 Å². The first-order valence-corrected chi connectivity index (χ1v) is 5.74. The smallest absolute Gasteiger partial charge is 0.357 e. The van der Waals surface area contributed by atoms with E-state index in [2.05, 4.69) is 10.3 Å². The van der Waals surface area contributed by atoms with Gasteiger partial charge in [-0.15, -0.1) is 0 Å². The maximum atomic E-state index is 10.6. The summed E-state index contributed by atoms with van der Waals surface area (Å²) in [6.45, 7) is 0.340. The standard InChI is InChI=1S/C11H16N2O4/c14-9(15)8-6-17-10(13-8)12-7-11(16)4-2-1-3-5-11/h6,16H,1-5,7H2,(H,12,13)(H,14,15). The summed E-state index contributed by atoms with van der Waals surface area (Å²) >= 11 is 0. The molecule has 6 heteroatoms. The Balaban J connectivity index is 1.90. The summed E-state index contributed by atoms with van der Waals surface area (Å²) in [5, 5.41) is 21.7. The summed E-state index contributed by atoms with van der Waals surface area (Å²) in [5.41, 5.74) is -0.862. The molecule has 1 aliphatic carbocycles. The second-order valence-electron chi connectivity index (χ2n) is 4.48. The Morgan fingerprint density at radius 3 is 2.76 bits per heavy atom. The first kappa shape index (κ1) is 11.9. The largest absolute Gasteiger partial charge is 0.476 e. The number of aliphatic hydroxyl groups is 1. The zero-order chi connectivity index (χ0) is 12.3. The number of carbonyl (C=O) groups is 1. The highest BCUT2D eigenvalue weighted by Crippen LogP contribution is 2.28. The van der Waals surface area contributed by atoms with Crippen LogP contribution in [0.1, 0.15) is 42.6 Å². The number of aromatic carboxylic acids is 1. The summed E-state index contributed by atoms with van der Waals surface area (Å²) in [7, 11) is 0. The first-order valence-electron chi connectivity index (χ1n) is 5.74. The lowest BCUT2D eigenvalue weighted by Gasteiger charge is -2.31. The second kappa shape index (κ2) is 4.75. The van der Waals surface area contributed by atoms with Crippen LogP contribution in [-0.2, 0) is 0 Å². The van der Waals surface area contributed by atoms with E-state index >= 15 is 0 Å². The normalized spacial score (nSPS) is 18.9. The van der Waals surface area contributed by atoms with Crippen LogP contribution in [0.3, 0.4) is 0 Å². The molecule has 17 heavy (non-hydrogen) atoms. The second-order valence-corrected chi connectivity index (χ2v) is 4.48. The minimum Gasteiger partial charge on any atom is -0.476 e. The van der Waals surface area contributed by atoms with Crippen molar-refractivity contribution in [3.05, 3.63) is 12.0 Å². The Bertz CT molecular complexity index is 396. The summed E-state index contributed by atoms with van der Waals surface area (Å²) in [6.07, 6.45) is 5.79. The van der Waals surface area contributed by atoms with Gasteiger partial charge in [0.05, 0.1) is 5.60 Å². The van der Waals surface area contributed by atoms with Gasteiger partial charge in [-0.1, -0.05) is 19.3 Å². The summed E-state index contributed by atoms with van der Waals surface area (Å²) in [4.78, 5) is 14.3. The third-order valence-corrected chi connectivity index (χ3v) is 3.08. The molecule has 6 nitrogen and oxygen atoms in total. The fraction of sp³-hybridized carbons (Fsp3) is 0.636. The molecule has 0 spiro atoms. The van der Waals surface area contributed by atoms with E-state index in [-0.39, 0.29) is 11.7 Å². The molecule has 0 bridgehead atoms. The van der Waals surface area contributed by atoms with Gasteiger partial charge in [0.15, 0.2) is 5.69 Å². The van der Waals surface area contributed by atoms with Crippen LogP contribution in [0.2, 0.25) is 0 Å². The van der Waals surface area contributed by atoms with Crippen molar-refractivity contribution < 1.29 is 19.4 Å². The van der Waals surface area contributed by atoms with Gasteiger partial charge < -0.3 is 19.9 Å². The molecule has 0 atom stereocenters. The minimum atomic E-state index is -1.13. The molecule has 1 aromatic rings. The molecule has 0 aliphatic heterocycles. The SMILES string of the molecule is O=C(O)c1coc(NCC2(O)CCCCC2)n1. The predicted molar refractivity (Wildman–Crippen MR) is 60.0 cm³/mol. The zero-order valence-electron chi connectivity index (χ0n) is 9.48. The lowest BCUT2D eigenvalue weighted by atomic mass is 9.85. The summed E-state index contributed by atoms with van der Waals surface area (Å²) in [6, 6.07) is 0.140. The zero-order valence-corrected chi connectivity index (χ0v) is 9.48. The minimum absolute atomic E-state index is 0.136. The van der Waals surface area contributed by atoms with Gasteiger partial charge in [0.25, 0.3) is 6.01 Å². The number of hydrogen-bond acceptors (Lipinski definition) is 5. The highest BCUT2D eigenvalue weighted by atomic mass is 16.4. The van der Waals surface area contributed by atoms with Gasteiger partial charge in [-0.3, -0.25) is 0 Å². The number of nitrogens with one attached hydrogen (secondary N) is 1. The van der Waals surface area contributed by atoms with Crippen molar-refractivity contribution in [2.75, 3.05) is 11.9 Å². The van der Waals surface area contributed by atoms with E-state index in [0.717, 1.165) is 38.4 Å². The fourth-order valence-corrected chi connectivity index (χ4v) is 2.08. The molecular formula is C11H16N2O4. The maximum Gasteiger partial charge on any atom is 0.357 e. The molecule has 1 heterocycles. The Morgan fingerprint density at radius 2 is 2.18 bits per heavy atom. The summed E-state index contributed by atoms with van der Waals surface area (Å²) in [5.74, 6) is -1.13. The van der Waals surface area contributed by atoms with Gasteiger partial charge in [0, 0.05) is 6.54 Å². The molecule has 0 unspecified atom stereocenters. The van der Waals surface area contributed by atoms with Crippen molar-refractivity contribution >= 4 is 12.0 Å². The van der Waals surface area contributed by atoms with Gasteiger partial charge in [0.2, 0.25) is 0 Å². The Morgan fingerprint density at radius 1 is 1.47 bits per heavy atom. The van der Waals surface area contributed by atoms with E-state index in [1.807, 2.05) is 0 Å². The number of hydrogen-bond donors (Lipinski definition) is 3. The van der Waals surface area contributed by atoms with Crippen molar-refractivity contribution in [2.45, 2.75) is 37.7 Å². The Hall–Kier alpha value is -1.56. The van der Waals surface area contributed by atoms with Crippen molar-refractivity contribution in [3.8, 4) is 0 Å².